The fourth-order valence-corrected chi connectivity index (χ4v) is 4.97. The van der Waals surface area contributed by atoms with Gasteiger partial charge in [-0.3, -0.25) is 0 Å². The van der Waals surface area contributed by atoms with Crippen molar-refractivity contribution in [2.24, 2.45) is 11.8 Å². The summed E-state index contributed by atoms with van der Waals surface area (Å²) in [7, 11) is -1.55. The number of hydrogen-bond acceptors (Lipinski definition) is 7. The van der Waals surface area contributed by atoms with Crippen molar-refractivity contribution in [1.29, 1.82) is 0 Å². The molecule has 3 heterocycles. The number of rotatable bonds is 6. The smallest absolute Gasteiger partial charge is 0.218 e. The number of nitrogens with zero attached hydrogens (tertiary/aromatic N) is 3. The van der Waals surface area contributed by atoms with Gasteiger partial charge < -0.3 is 14.4 Å². The van der Waals surface area contributed by atoms with E-state index in [1.165, 1.54) is 6.33 Å². The van der Waals surface area contributed by atoms with E-state index in [-0.39, 0.29) is 17.3 Å². The molecular weight excluding hydrogens is 332 g/mol. The summed E-state index contributed by atoms with van der Waals surface area (Å²) >= 11 is 0. The molecule has 3 atom stereocenters. The maximum Gasteiger partial charge on any atom is 0.218 e. The molecule has 0 amide bonds. The Labute approximate surface area is 141 Å². The van der Waals surface area contributed by atoms with E-state index in [2.05, 4.69) is 19.6 Å². The summed E-state index contributed by atoms with van der Waals surface area (Å²) in [6, 6.07) is 1.81. The predicted octanol–water partition coefficient (Wildman–Crippen LogP) is 0.0182. The number of anilines is 1. The Hall–Kier alpha value is -1.45. The lowest BCUT2D eigenvalue weighted by Gasteiger charge is -2.21. The fraction of sp³-hybridized carbons (Fsp3) is 0.733. The van der Waals surface area contributed by atoms with Crippen LogP contribution in [-0.4, -0.2) is 63.1 Å². The Kier molecular flexibility index (Phi) is 4.09. The molecule has 8 nitrogen and oxygen atoms in total. The molecule has 2 saturated heterocycles. The maximum absolute atomic E-state index is 12.0. The lowest BCUT2D eigenvalue weighted by atomic mass is 9.93. The Balaban J connectivity index is 1.39. The molecule has 0 bridgehead atoms. The van der Waals surface area contributed by atoms with E-state index in [0.29, 0.717) is 24.9 Å². The van der Waals surface area contributed by atoms with Gasteiger partial charge in [-0.15, -0.1) is 0 Å². The molecule has 0 unspecified atom stereocenters. The van der Waals surface area contributed by atoms with E-state index in [0.717, 1.165) is 31.7 Å². The van der Waals surface area contributed by atoms with E-state index in [4.69, 9.17) is 9.47 Å². The second-order valence-corrected chi connectivity index (χ2v) is 8.76. The molecule has 132 valence electrons. The number of hydrogen-bond donors (Lipinski definition) is 1. The lowest BCUT2D eigenvalue weighted by Crippen LogP contribution is -2.36. The number of aromatic nitrogens is 2. The lowest BCUT2D eigenvalue weighted by molar-refractivity contribution is 0.111. The molecule has 24 heavy (non-hydrogen) atoms. The second-order valence-electron chi connectivity index (χ2n) is 6.71. The minimum Gasteiger partial charge on any atom is -0.481 e. The molecule has 3 aliphatic rings. The third-order valence-corrected chi connectivity index (χ3v) is 7.03. The largest absolute Gasteiger partial charge is 0.481 e. The van der Waals surface area contributed by atoms with Gasteiger partial charge in [0.25, 0.3) is 0 Å². The predicted molar refractivity (Wildman–Crippen MR) is 87.5 cm³/mol. The molecule has 4 rings (SSSR count). The SMILES string of the molecule is COc1cc(N2C[C@H]3[C@H](CNS(=O)(=O)C4CC4)CO[C@H]3C2)ncn1. The van der Waals surface area contributed by atoms with Crippen LogP contribution in [-0.2, 0) is 14.8 Å². The topological polar surface area (TPSA) is 93.7 Å². The first-order valence-electron chi connectivity index (χ1n) is 8.28. The van der Waals surface area contributed by atoms with E-state index in [1.807, 2.05) is 6.07 Å². The molecule has 0 aromatic carbocycles. The number of nitrogens with one attached hydrogen (secondary N) is 1. The molecule has 2 aliphatic heterocycles. The highest BCUT2D eigenvalue weighted by Gasteiger charge is 2.45. The average molecular weight is 354 g/mol. The Morgan fingerprint density at radius 2 is 2.21 bits per heavy atom. The standard InChI is InChI=1S/C15H22N4O4S/c1-22-15-4-14(16-9-17-15)19-6-12-10(8-23-13(12)7-19)5-18-24(20,21)11-2-3-11/h4,9-13,18H,2-3,5-8H2,1H3/t10-,12+,13+/m1/s1. The van der Waals surface area contributed by atoms with Gasteiger partial charge in [-0.1, -0.05) is 0 Å². The van der Waals surface area contributed by atoms with Crippen molar-refractivity contribution in [3.8, 4) is 5.88 Å². The summed E-state index contributed by atoms with van der Waals surface area (Å²) in [5.41, 5.74) is 0. The number of sulfonamides is 1. The van der Waals surface area contributed by atoms with E-state index in [9.17, 15) is 8.42 Å². The molecule has 1 aromatic heterocycles. The summed E-state index contributed by atoms with van der Waals surface area (Å²) in [6.07, 6.45) is 3.18. The van der Waals surface area contributed by atoms with Gasteiger partial charge in [0.1, 0.15) is 12.1 Å². The number of ether oxygens (including phenoxy) is 2. The van der Waals surface area contributed by atoms with Crippen molar-refractivity contribution < 1.29 is 17.9 Å². The van der Waals surface area contributed by atoms with Gasteiger partial charge in [0.05, 0.1) is 25.1 Å². The van der Waals surface area contributed by atoms with Crippen LogP contribution in [0.4, 0.5) is 5.82 Å². The quantitative estimate of drug-likeness (QED) is 0.769. The van der Waals surface area contributed by atoms with Crippen molar-refractivity contribution >= 4 is 15.8 Å². The Morgan fingerprint density at radius 1 is 1.38 bits per heavy atom. The van der Waals surface area contributed by atoms with Gasteiger partial charge in [-0.05, 0) is 12.8 Å². The second kappa shape index (κ2) is 6.12. The molecule has 1 saturated carbocycles. The monoisotopic (exact) mass is 354 g/mol. The highest BCUT2D eigenvalue weighted by atomic mass is 32.2. The normalized spacial score (nSPS) is 29.7. The van der Waals surface area contributed by atoms with Gasteiger partial charge in [-0.25, -0.2) is 23.1 Å². The zero-order chi connectivity index (χ0) is 16.7. The molecule has 0 spiro atoms. The molecule has 1 N–H and O–H groups in total. The molecule has 0 radical (unpaired) electrons. The van der Waals surface area contributed by atoms with E-state index in [1.54, 1.807) is 7.11 Å². The van der Waals surface area contributed by atoms with Crippen LogP contribution in [0.15, 0.2) is 12.4 Å². The number of methoxy groups -OCH3 is 1. The van der Waals surface area contributed by atoms with Crippen molar-refractivity contribution in [1.82, 2.24) is 14.7 Å². The minimum absolute atomic E-state index is 0.126. The Bertz CT molecular complexity index is 709. The molecule has 1 aromatic rings. The first-order chi connectivity index (χ1) is 11.6. The van der Waals surface area contributed by atoms with E-state index >= 15 is 0 Å². The zero-order valence-electron chi connectivity index (χ0n) is 13.6. The van der Waals surface area contributed by atoms with Crippen molar-refractivity contribution in [2.75, 3.05) is 38.3 Å². The molecular formula is C15H22N4O4S. The van der Waals surface area contributed by atoms with Gasteiger partial charge in [0.2, 0.25) is 15.9 Å². The molecule has 3 fully saturated rings. The van der Waals surface area contributed by atoms with Gasteiger partial charge in [-0.2, -0.15) is 0 Å². The van der Waals surface area contributed by atoms with Crippen molar-refractivity contribution in [3.63, 3.8) is 0 Å². The van der Waals surface area contributed by atoms with Crippen LogP contribution in [0.25, 0.3) is 0 Å². The fourth-order valence-electron chi connectivity index (χ4n) is 3.53. The number of fused-ring (bicyclic) bond motifs is 1. The van der Waals surface area contributed by atoms with Crippen LogP contribution >= 0.6 is 0 Å². The third-order valence-electron chi connectivity index (χ3n) is 5.11. The maximum atomic E-state index is 12.0. The van der Waals surface area contributed by atoms with Crippen LogP contribution in [0.3, 0.4) is 0 Å². The highest BCUT2D eigenvalue weighted by Crippen LogP contribution is 2.36. The van der Waals surface area contributed by atoms with Gasteiger partial charge >= 0.3 is 0 Å². The summed E-state index contributed by atoms with van der Waals surface area (Å²) in [4.78, 5) is 10.5. The van der Waals surface area contributed by atoms with Gasteiger partial charge in [0, 0.05) is 37.5 Å². The average Bonchev–Trinajstić information content (AvgIpc) is 3.26. The summed E-state index contributed by atoms with van der Waals surface area (Å²) in [5.74, 6) is 1.87. The first kappa shape index (κ1) is 16.0. The van der Waals surface area contributed by atoms with Crippen LogP contribution in [0, 0.1) is 11.8 Å². The van der Waals surface area contributed by atoms with Crippen molar-refractivity contribution in [2.45, 2.75) is 24.2 Å². The van der Waals surface area contributed by atoms with Crippen LogP contribution < -0.4 is 14.4 Å². The van der Waals surface area contributed by atoms with Crippen LogP contribution in [0.1, 0.15) is 12.8 Å². The van der Waals surface area contributed by atoms with Crippen molar-refractivity contribution in [3.05, 3.63) is 12.4 Å². The zero-order valence-corrected chi connectivity index (χ0v) is 14.4. The van der Waals surface area contributed by atoms with Gasteiger partial charge in [0.15, 0.2) is 0 Å². The third kappa shape index (κ3) is 3.07. The first-order valence-corrected chi connectivity index (χ1v) is 9.82. The Morgan fingerprint density at radius 3 is 2.96 bits per heavy atom. The minimum atomic E-state index is -3.13. The van der Waals surface area contributed by atoms with E-state index < -0.39 is 10.0 Å². The van der Waals surface area contributed by atoms with Crippen LogP contribution in [0.2, 0.25) is 0 Å². The summed E-state index contributed by atoms with van der Waals surface area (Å²) < 4.78 is 37.8. The summed E-state index contributed by atoms with van der Waals surface area (Å²) in [5, 5.41) is -0.177. The molecule has 1 aliphatic carbocycles. The highest BCUT2D eigenvalue weighted by molar-refractivity contribution is 7.90. The summed E-state index contributed by atoms with van der Waals surface area (Å²) in [6.45, 7) is 2.64. The molecule has 9 heteroatoms. The van der Waals surface area contributed by atoms with Crippen LogP contribution in [0.5, 0.6) is 5.88 Å².